The molecule has 0 aliphatic carbocycles. The quantitative estimate of drug-likeness (QED) is 0.522. The zero-order chi connectivity index (χ0) is 21.3. The summed E-state index contributed by atoms with van der Waals surface area (Å²) >= 11 is 0. The minimum atomic E-state index is -0.842. The average molecular weight is 392 g/mol. The van der Waals surface area contributed by atoms with Gasteiger partial charge in [0.15, 0.2) is 0 Å². The number of ether oxygens (including phenoxy) is 1. The number of hydrogen-bond donors (Lipinski definition) is 3. The lowest BCUT2D eigenvalue weighted by atomic mass is 9.99. The van der Waals surface area contributed by atoms with Gasteiger partial charge < -0.3 is 21.1 Å². The molecule has 0 bridgehead atoms. The maximum Gasteiger partial charge on any atom is 0.328 e. The number of amides is 2. The summed E-state index contributed by atoms with van der Waals surface area (Å²) in [5.74, 6) is -1.23. The highest BCUT2D eigenvalue weighted by molar-refractivity contribution is 5.92. The Kier molecular flexibility index (Phi) is 9.65. The van der Waals surface area contributed by atoms with Crippen molar-refractivity contribution in [3.05, 3.63) is 35.9 Å². The van der Waals surface area contributed by atoms with Crippen molar-refractivity contribution in [2.75, 3.05) is 7.11 Å². The molecule has 0 aliphatic heterocycles. The number of benzene rings is 1. The number of carbonyl (C=O) groups excluding carboxylic acids is 3. The summed E-state index contributed by atoms with van der Waals surface area (Å²) in [5, 5.41) is 5.45. The van der Waals surface area contributed by atoms with E-state index in [0.29, 0.717) is 12.8 Å². The molecule has 0 spiro atoms. The van der Waals surface area contributed by atoms with Gasteiger partial charge in [0.2, 0.25) is 11.8 Å². The van der Waals surface area contributed by atoms with E-state index in [2.05, 4.69) is 10.6 Å². The Labute approximate surface area is 167 Å². The predicted molar refractivity (Wildman–Crippen MR) is 108 cm³/mol. The summed E-state index contributed by atoms with van der Waals surface area (Å²) in [6.07, 6.45) is 0.731. The highest BCUT2D eigenvalue weighted by Crippen LogP contribution is 2.09. The van der Waals surface area contributed by atoms with Gasteiger partial charge in [0.05, 0.1) is 13.2 Å². The van der Waals surface area contributed by atoms with Gasteiger partial charge in [-0.25, -0.2) is 4.79 Å². The second-order valence-electron chi connectivity index (χ2n) is 7.73. The van der Waals surface area contributed by atoms with E-state index in [1.54, 1.807) is 0 Å². The maximum absolute atomic E-state index is 12.9. The second kappa shape index (κ2) is 11.4. The number of methoxy groups -OCH3 is 1. The van der Waals surface area contributed by atoms with Crippen LogP contribution in [0.4, 0.5) is 0 Å². The third-order valence-electron chi connectivity index (χ3n) is 4.45. The molecule has 0 aromatic heterocycles. The van der Waals surface area contributed by atoms with Gasteiger partial charge in [0.1, 0.15) is 12.1 Å². The van der Waals surface area contributed by atoms with E-state index in [-0.39, 0.29) is 17.7 Å². The molecule has 3 atom stereocenters. The minimum absolute atomic E-state index is 0.0522. The van der Waals surface area contributed by atoms with Gasteiger partial charge >= 0.3 is 5.97 Å². The molecule has 0 unspecified atom stereocenters. The Morgan fingerprint density at radius 2 is 1.54 bits per heavy atom. The maximum atomic E-state index is 12.9. The number of carbonyl (C=O) groups is 3. The molecule has 7 heteroatoms. The monoisotopic (exact) mass is 391 g/mol. The van der Waals surface area contributed by atoms with Crippen LogP contribution in [0, 0.1) is 11.8 Å². The van der Waals surface area contributed by atoms with E-state index in [1.165, 1.54) is 7.11 Å². The summed E-state index contributed by atoms with van der Waals surface area (Å²) < 4.78 is 4.84. The Balaban J connectivity index is 2.91. The van der Waals surface area contributed by atoms with Crippen LogP contribution in [0.1, 0.15) is 39.7 Å². The van der Waals surface area contributed by atoms with Crippen molar-refractivity contribution < 1.29 is 19.1 Å². The highest BCUT2D eigenvalue weighted by Gasteiger charge is 2.29. The van der Waals surface area contributed by atoms with Crippen molar-refractivity contribution in [1.82, 2.24) is 10.6 Å². The topological polar surface area (TPSA) is 111 Å². The lowest BCUT2D eigenvalue weighted by Crippen LogP contribution is -2.56. The number of esters is 1. The van der Waals surface area contributed by atoms with Crippen LogP contribution in [0.3, 0.4) is 0 Å². The Morgan fingerprint density at radius 3 is 2.04 bits per heavy atom. The van der Waals surface area contributed by atoms with Crippen LogP contribution in [0.2, 0.25) is 0 Å². The van der Waals surface area contributed by atoms with Crippen molar-refractivity contribution in [1.29, 1.82) is 0 Å². The fraction of sp³-hybridized carbons (Fsp3) is 0.571. The third kappa shape index (κ3) is 7.68. The first-order valence-corrected chi connectivity index (χ1v) is 9.63. The van der Waals surface area contributed by atoms with Crippen LogP contribution in [-0.4, -0.2) is 43.0 Å². The van der Waals surface area contributed by atoms with Crippen molar-refractivity contribution >= 4 is 17.8 Å². The van der Waals surface area contributed by atoms with Gasteiger partial charge in [-0.3, -0.25) is 9.59 Å². The van der Waals surface area contributed by atoms with E-state index >= 15 is 0 Å². The smallest absolute Gasteiger partial charge is 0.328 e. The summed E-state index contributed by atoms with van der Waals surface area (Å²) in [7, 11) is 1.28. The van der Waals surface area contributed by atoms with E-state index in [1.807, 2.05) is 58.0 Å². The fourth-order valence-corrected chi connectivity index (χ4v) is 2.73. The van der Waals surface area contributed by atoms with Gasteiger partial charge in [-0.2, -0.15) is 0 Å². The van der Waals surface area contributed by atoms with Crippen LogP contribution >= 0.6 is 0 Å². The molecule has 1 rings (SSSR count). The summed E-state index contributed by atoms with van der Waals surface area (Å²) in [6.45, 7) is 7.59. The van der Waals surface area contributed by atoms with Crippen LogP contribution in [0.15, 0.2) is 30.3 Å². The molecule has 156 valence electrons. The molecule has 7 nitrogen and oxygen atoms in total. The number of nitrogens with one attached hydrogen (secondary N) is 2. The summed E-state index contributed by atoms with van der Waals surface area (Å²) in [6, 6.07) is 7.02. The van der Waals surface area contributed by atoms with Crippen molar-refractivity contribution in [2.24, 2.45) is 17.6 Å². The van der Waals surface area contributed by atoms with E-state index in [0.717, 1.165) is 5.56 Å². The lowest BCUT2D eigenvalue weighted by Gasteiger charge is -2.25. The zero-order valence-electron chi connectivity index (χ0n) is 17.4. The molecule has 0 saturated carbocycles. The molecule has 1 aromatic carbocycles. The fourth-order valence-electron chi connectivity index (χ4n) is 2.73. The molecule has 2 amide bonds. The molecule has 0 radical (unpaired) electrons. The van der Waals surface area contributed by atoms with Crippen LogP contribution < -0.4 is 16.4 Å². The zero-order valence-corrected chi connectivity index (χ0v) is 17.4. The van der Waals surface area contributed by atoms with Crippen LogP contribution in [0.25, 0.3) is 0 Å². The van der Waals surface area contributed by atoms with Gasteiger partial charge in [0, 0.05) is 6.42 Å². The Hall–Kier alpha value is -2.41. The summed E-state index contributed by atoms with van der Waals surface area (Å²) in [4.78, 5) is 37.4. The third-order valence-corrected chi connectivity index (χ3v) is 4.45. The van der Waals surface area contributed by atoms with Crippen LogP contribution in [0.5, 0.6) is 0 Å². The van der Waals surface area contributed by atoms with Gasteiger partial charge in [-0.05, 0) is 23.8 Å². The molecule has 28 heavy (non-hydrogen) atoms. The average Bonchev–Trinajstić information content (AvgIpc) is 2.65. The van der Waals surface area contributed by atoms with Gasteiger partial charge in [-0.1, -0.05) is 58.0 Å². The Bertz CT molecular complexity index is 646. The molecular formula is C21H33N3O4. The van der Waals surface area contributed by atoms with E-state index < -0.39 is 30.0 Å². The minimum Gasteiger partial charge on any atom is -0.467 e. The lowest BCUT2D eigenvalue weighted by molar-refractivity contribution is -0.145. The van der Waals surface area contributed by atoms with Gasteiger partial charge in [-0.15, -0.1) is 0 Å². The largest absolute Gasteiger partial charge is 0.467 e. The molecule has 0 fully saturated rings. The van der Waals surface area contributed by atoms with Gasteiger partial charge in [0.25, 0.3) is 0 Å². The Morgan fingerprint density at radius 1 is 0.964 bits per heavy atom. The van der Waals surface area contributed by atoms with Crippen molar-refractivity contribution in [3.63, 3.8) is 0 Å². The molecule has 0 saturated heterocycles. The number of nitrogens with two attached hydrogens (primary N) is 1. The molecule has 0 aliphatic rings. The second-order valence-corrected chi connectivity index (χ2v) is 7.73. The first kappa shape index (κ1) is 23.6. The first-order chi connectivity index (χ1) is 13.1. The number of rotatable bonds is 10. The SMILES string of the molecule is COC(=O)[C@H](Cc1ccccc1)NC(=O)[C@H](CC(C)C)NC(=O)[C@H](N)C(C)C. The number of hydrogen-bond acceptors (Lipinski definition) is 5. The van der Waals surface area contributed by atoms with E-state index in [9.17, 15) is 14.4 Å². The van der Waals surface area contributed by atoms with Crippen molar-refractivity contribution in [3.8, 4) is 0 Å². The highest BCUT2D eigenvalue weighted by atomic mass is 16.5. The first-order valence-electron chi connectivity index (χ1n) is 9.63. The molecular weight excluding hydrogens is 358 g/mol. The molecule has 1 aromatic rings. The molecule has 0 heterocycles. The van der Waals surface area contributed by atoms with Crippen LogP contribution in [-0.2, 0) is 25.5 Å². The van der Waals surface area contributed by atoms with Crippen molar-refractivity contribution in [2.45, 2.75) is 58.7 Å². The predicted octanol–water partition coefficient (Wildman–Crippen LogP) is 1.40. The van der Waals surface area contributed by atoms with E-state index in [4.69, 9.17) is 10.5 Å². The summed E-state index contributed by atoms with van der Waals surface area (Å²) in [5.41, 5.74) is 6.79. The normalized spacial score (nSPS) is 14.3. The standard InChI is InChI=1S/C21H33N3O4/c1-13(2)11-16(23-20(26)18(22)14(3)4)19(25)24-17(21(27)28-5)12-15-9-7-6-8-10-15/h6-10,13-14,16-18H,11-12,22H2,1-5H3,(H,23,26)(H,24,25)/t16-,17-,18+/m0/s1. The molecule has 4 N–H and O–H groups in total.